The van der Waals surface area contributed by atoms with Crippen molar-refractivity contribution in [1.82, 2.24) is 9.97 Å². The molecule has 0 amide bonds. The maximum Gasteiger partial charge on any atom is 0.120 e. The predicted octanol–water partition coefficient (Wildman–Crippen LogP) is 2.45. The first-order valence-electron chi connectivity index (χ1n) is 4.77. The highest BCUT2D eigenvalue weighted by molar-refractivity contribution is 5.59. The molecule has 0 aliphatic carbocycles. The Morgan fingerprint density at radius 2 is 2.33 bits per heavy atom. The van der Waals surface area contributed by atoms with E-state index in [0.29, 0.717) is 12.2 Å². The number of nitriles is 1. The molecule has 0 atom stereocenters. The molecule has 0 unspecified atom stereocenters. The number of imidazole rings is 1. The molecule has 2 rings (SSSR count). The molecule has 0 aliphatic heterocycles. The van der Waals surface area contributed by atoms with Crippen molar-refractivity contribution in [2.24, 2.45) is 0 Å². The number of hydrogen-bond acceptors (Lipinski definition) is 2. The van der Waals surface area contributed by atoms with Gasteiger partial charge in [-0.25, -0.2) is 4.98 Å². The lowest BCUT2D eigenvalue weighted by Gasteiger charge is -1.98. The van der Waals surface area contributed by atoms with Crippen LogP contribution in [0.25, 0.3) is 11.3 Å². The van der Waals surface area contributed by atoms with Gasteiger partial charge in [0.25, 0.3) is 0 Å². The van der Waals surface area contributed by atoms with Crippen LogP contribution in [-0.2, 0) is 6.42 Å². The number of H-pyrrole nitrogens is 1. The fraction of sp³-hybridized carbons (Fsp3) is 0.167. The van der Waals surface area contributed by atoms with E-state index in [1.54, 1.807) is 6.20 Å². The fourth-order valence-corrected chi connectivity index (χ4v) is 1.49. The number of aryl methyl sites for hydroxylation is 1. The third kappa shape index (κ3) is 2.05. The summed E-state index contributed by atoms with van der Waals surface area (Å²) in [5.74, 6) is 0.717. The number of aromatic amines is 1. The van der Waals surface area contributed by atoms with Gasteiger partial charge in [0.15, 0.2) is 0 Å². The van der Waals surface area contributed by atoms with Gasteiger partial charge in [0.1, 0.15) is 5.82 Å². The molecule has 0 fully saturated rings. The number of nitrogens with one attached hydrogen (secondary N) is 1. The van der Waals surface area contributed by atoms with Gasteiger partial charge in [0.05, 0.1) is 24.4 Å². The van der Waals surface area contributed by atoms with Crippen LogP contribution < -0.4 is 0 Å². The molecular formula is C12H11N3. The van der Waals surface area contributed by atoms with Crippen molar-refractivity contribution in [3.63, 3.8) is 0 Å². The standard InChI is InChI=1S/C12H11N3/c1-9-3-2-4-10(7-9)11-8-14-12(15-11)5-6-13/h2-4,7-8H,5H2,1H3,(H,14,15). The maximum atomic E-state index is 8.53. The molecule has 0 bridgehead atoms. The van der Waals surface area contributed by atoms with E-state index >= 15 is 0 Å². The molecule has 0 spiro atoms. The summed E-state index contributed by atoms with van der Waals surface area (Å²) >= 11 is 0. The summed E-state index contributed by atoms with van der Waals surface area (Å²) in [4.78, 5) is 7.26. The summed E-state index contributed by atoms with van der Waals surface area (Å²) in [6.45, 7) is 2.05. The molecule has 15 heavy (non-hydrogen) atoms. The maximum absolute atomic E-state index is 8.53. The molecule has 1 aromatic heterocycles. The van der Waals surface area contributed by atoms with Crippen LogP contribution in [0.1, 0.15) is 11.4 Å². The Morgan fingerprint density at radius 3 is 3.07 bits per heavy atom. The first kappa shape index (κ1) is 9.47. The third-order valence-electron chi connectivity index (χ3n) is 2.20. The van der Waals surface area contributed by atoms with E-state index in [9.17, 15) is 0 Å². The third-order valence-corrected chi connectivity index (χ3v) is 2.20. The minimum absolute atomic E-state index is 0.325. The van der Waals surface area contributed by atoms with Gasteiger partial charge in [-0.15, -0.1) is 0 Å². The number of nitrogens with zero attached hydrogens (tertiary/aromatic N) is 2. The van der Waals surface area contributed by atoms with Crippen molar-refractivity contribution in [2.75, 3.05) is 0 Å². The van der Waals surface area contributed by atoms with Gasteiger partial charge >= 0.3 is 0 Å². The second-order valence-electron chi connectivity index (χ2n) is 3.45. The van der Waals surface area contributed by atoms with E-state index in [4.69, 9.17) is 5.26 Å². The van der Waals surface area contributed by atoms with Crippen LogP contribution in [-0.4, -0.2) is 9.97 Å². The van der Waals surface area contributed by atoms with E-state index in [1.807, 2.05) is 12.1 Å². The second-order valence-corrected chi connectivity index (χ2v) is 3.45. The van der Waals surface area contributed by atoms with Gasteiger partial charge in [0.2, 0.25) is 0 Å². The fourth-order valence-electron chi connectivity index (χ4n) is 1.49. The summed E-state index contributed by atoms with van der Waals surface area (Å²) in [7, 11) is 0. The Bertz CT molecular complexity index is 506. The molecule has 0 radical (unpaired) electrons. The summed E-state index contributed by atoms with van der Waals surface area (Å²) in [6, 6.07) is 10.2. The predicted molar refractivity (Wildman–Crippen MR) is 58.1 cm³/mol. The summed E-state index contributed by atoms with van der Waals surface area (Å²) in [6.07, 6.45) is 2.09. The van der Waals surface area contributed by atoms with Crippen LogP contribution in [0.15, 0.2) is 30.5 Å². The van der Waals surface area contributed by atoms with Crippen LogP contribution in [0, 0.1) is 18.3 Å². The highest BCUT2D eigenvalue weighted by Gasteiger charge is 2.02. The topological polar surface area (TPSA) is 52.5 Å². The molecule has 0 saturated heterocycles. The highest BCUT2D eigenvalue weighted by Crippen LogP contribution is 2.17. The summed E-state index contributed by atoms with van der Waals surface area (Å²) in [5.41, 5.74) is 3.28. The molecule has 1 aromatic carbocycles. The first-order chi connectivity index (χ1) is 7.29. The smallest absolute Gasteiger partial charge is 0.120 e. The number of aromatic nitrogens is 2. The zero-order valence-electron chi connectivity index (χ0n) is 8.49. The molecular weight excluding hydrogens is 186 g/mol. The Kier molecular flexibility index (Phi) is 2.51. The first-order valence-corrected chi connectivity index (χ1v) is 4.77. The molecule has 0 saturated carbocycles. The Labute approximate surface area is 88.4 Å². The molecule has 3 nitrogen and oxygen atoms in total. The minimum atomic E-state index is 0.325. The molecule has 74 valence electrons. The Morgan fingerprint density at radius 1 is 1.47 bits per heavy atom. The lowest BCUT2D eigenvalue weighted by molar-refractivity contribution is 1.06. The second kappa shape index (κ2) is 3.97. The van der Waals surface area contributed by atoms with Crippen LogP contribution in [0.3, 0.4) is 0 Å². The largest absolute Gasteiger partial charge is 0.341 e. The van der Waals surface area contributed by atoms with Crippen LogP contribution >= 0.6 is 0 Å². The van der Waals surface area contributed by atoms with Gasteiger partial charge in [0, 0.05) is 0 Å². The van der Waals surface area contributed by atoms with Crippen molar-refractivity contribution in [3.8, 4) is 17.3 Å². The monoisotopic (exact) mass is 197 g/mol. The van der Waals surface area contributed by atoms with E-state index in [-0.39, 0.29) is 0 Å². The normalized spacial score (nSPS) is 9.87. The van der Waals surface area contributed by atoms with Crippen LogP contribution in [0.4, 0.5) is 0 Å². The zero-order valence-corrected chi connectivity index (χ0v) is 8.49. The molecule has 1 N–H and O–H groups in total. The van der Waals surface area contributed by atoms with Crippen LogP contribution in [0.5, 0.6) is 0 Å². The van der Waals surface area contributed by atoms with Gasteiger partial charge in [-0.2, -0.15) is 5.26 Å². The van der Waals surface area contributed by atoms with Crippen molar-refractivity contribution in [3.05, 3.63) is 41.9 Å². The van der Waals surface area contributed by atoms with Crippen LogP contribution in [0.2, 0.25) is 0 Å². The average molecular weight is 197 g/mol. The average Bonchev–Trinajstić information content (AvgIpc) is 2.67. The van der Waals surface area contributed by atoms with E-state index in [0.717, 1.165) is 11.3 Å². The van der Waals surface area contributed by atoms with Gasteiger partial charge in [-0.3, -0.25) is 0 Å². The SMILES string of the molecule is Cc1cccc(-c2cnc(CC#N)[nH]2)c1. The lowest BCUT2D eigenvalue weighted by atomic mass is 10.1. The van der Waals surface area contributed by atoms with E-state index < -0.39 is 0 Å². The van der Waals surface area contributed by atoms with Gasteiger partial charge in [-0.05, 0) is 18.6 Å². The van der Waals surface area contributed by atoms with Crippen molar-refractivity contribution < 1.29 is 0 Å². The summed E-state index contributed by atoms with van der Waals surface area (Å²) < 4.78 is 0. The number of benzene rings is 1. The van der Waals surface area contributed by atoms with E-state index in [2.05, 4.69) is 35.1 Å². The molecule has 1 heterocycles. The van der Waals surface area contributed by atoms with Crippen molar-refractivity contribution >= 4 is 0 Å². The molecule has 0 aliphatic rings. The summed E-state index contributed by atoms with van der Waals surface area (Å²) in [5, 5.41) is 8.53. The zero-order chi connectivity index (χ0) is 10.7. The Balaban J connectivity index is 2.34. The quantitative estimate of drug-likeness (QED) is 0.803. The van der Waals surface area contributed by atoms with E-state index in [1.165, 1.54) is 5.56 Å². The number of rotatable bonds is 2. The Hall–Kier alpha value is -2.08. The minimum Gasteiger partial charge on any atom is -0.341 e. The van der Waals surface area contributed by atoms with Crippen molar-refractivity contribution in [2.45, 2.75) is 13.3 Å². The van der Waals surface area contributed by atoms with Gasteiger partial charge < -0.3 is 4.98 Å². The highest BCUT2D eigenvalue weighted by atomic mass is 14.9. The molecule has 2 aromatic rings. The lowest BCUT2D eigenvalue weighted by Crippen LogP contribution is -1.84. The number of hydrogen-bond donors (Lipinski definition) is 1. The molecule has 3 heteroatoms. The van der Waals surface area contributed by atoms with Crippen molar-refractivity contribution in [1.29, 1.82) is 5.26 Å². The van der Waals surface area contributed by atoms with Gasteiger partial charge in [-0.1, -0.05) is 23.8 Å².